The summed E-state index contributed by atoms with van der Waals surface area (Å²) in [6.07, 6.45) is 0. The first-order valence-electron chi connectivity index (χ1n) is 4.66. The van der Waals surface area contributed by atoms with Crippen molar-refractivity contribution in [1.29, 1.82) is 0 Å². The Labute approximate surface area is 90.0 Å². The average Bonchev–Trinajstić information content (AvgIpc) is 2.10. The second-order valence-electron chi connectivity index (χ2n) is 3.66. The molecule has 14 heavy (non-hydrogen) atoms. The summed E-state index contributed by atoms with van der Waals surface area (Å²) in [5.74, 6) is 0.835. The molecule has 1 aromatic carbocycles. The van der Waals surface area contributed by atoms with Crippen LogP contribution >= 0.6 is 11.6 Å². The molecule has 0 spiro atoms. The van der Waals surface area contributed by atoms with Crippen LogP contribution in [0.1, 0.15) is 18.1 Å². The van der Waals surface area contributed by atoms with Gasteiger partial charge >= 0.3 is 0 Å². The number of hydrogen-bond donors (Lipinski definition) is 1. The second-order valence-corrected chi connectivity index (χ2v) is 4.04. The van der Waals surface area contributed by atoms with Crippen molar-refractivity contribution >= 4 is 11.6 Å². The summed E-state index contributed by atoms with van der Waals surface area (Å²) in [7, 11) is 0. The lowest BCUT2D eigenvalue weighted by atomic mass is 10.1. The van der Waals surface area contributed by atoms with E-state index in [1.165, 1.54) is 0 Å². The maximum Gasteiger partial charge on any atom is 0.120 e. The van der Waals surface area contributed by atoms with Crippen molar-refractivity contribution in [2.24, 2.45) is 5.73 Å². The van der Waals surface area contributed by atoms with E-state index in [-0.39, 0.29) is 6.04 Å². The van der Waals surface area contributed by atoms with Crippen molar-refractivity contribution in [2.75, 3.05) is 6.61 Å². The smallest absolute Gasteiger partial charge is 0.120 e. The predicted octanol–water partition coefficient (Wildman–Crippen LogP) is 2.68. The quantitative estimate of drug-likeness (QED) is 0.838. The molecule has 1 rings (SSSR count). The first-order chi connectivity index (χ1) is 6.50. The number of ether oxygens (including phenoxy) is 1. The van der Waals surface area contributed by atoms with Gasteiger partial charge in [-0.25, -0.2) is 0 Å². The van der Waals surface area contributed by atoms with Gasteiger partial charge in [-0.05, 0) is 44.0 Å². The first-order valence-corrected chi connectivity index (χ1v) is 5.03. The monoisotopic (exact) mass is 213 g/mol. The van der Waals surface area contributed by atoms with Crippen molar-refractivity contribution in [3.63, 3.8) is 0 Å². The Kier molecular flexibility index (Phi) is 3.78. The molecule has 0 aromatic heterocycles. The van der Waals surface area contributed by atoms with E-state index >= 15 is 0 Å². The summed E-state index contributed by atoms with van der Waals surface area (Å²) in [6, 6.07) is 3.90. The Morgan fingerprint density at radius 3 is 2.29 bits per heavy atom. The van der Waals surface area contributed by atoms with Gasteiger partial charge in [-0.3, -0.25) is 0 Å². The van der Waals surface area contributed by atoms with Crippen LogP contribution < -0.4 is 10.5 Å². The zero-order valence-corrected chi connectivity index (χ0v) is 9.56. The summed E-state index contributed by atoms with van der Waals surface area (Å²) in [5, 5.41) is 0.804. The van der Waals surface area contributed by atoms with Gasteiger partial charge in [0, 0.05) is 11.1 Å². The van der Waals surface area contributed by atoms with Crippen molar-refractivity contribution < 1.29 is 4.74 Å². The fraction of sp³-hybridized carbons (Fsp3) is 0.455. The van der Waals surface area contributed by atoms with Crippen molar-refractivity contribution in [3.8, 4) is 5.75 Å². The lowest BCUT2D eigenvalue weighted by Crippen LogP contribution is -2.23. The maximum absolute atomic E-state index is 6.03. The van der Waals surface area contributed by atoms with Crippen molar-refractivity contribution in [1.82, 2.24) is 0 Å². The highest BCUT2D eigenvalue weighted by molar-refractivity contribution is 6.32. The number of hydrogen-bond acceptors (Lipinski definition) is 2. The van der Waals surface area contributed by atoms with Crippen LogP contribution in [-0.4, -0.2) is 12.6 Å². The number of nitrogens with two attached hydrogens (primary N) is 1. The number of benzene rings is 1. The molecule has 0 unspecified atom stereocenters. The first kappa shape index (κ1) is 11.3. The van der Waals surface area contributed by atoms with E-state index in [1.54, 1.807) is 0 Å². The van der Waals surface area contributed by atoms with E-state index in [0.717, 1.165) is 21.9 Å². The van der Waals surface area contributed by atoms with Gasteiger partial charge in [0.25, 0.3) is 0 Å². The zero-order valence-electron chi connectivity index (χ0n) is 8.80. The topological polar surface area (TPSA) is 35.2 Å². The molecule has 1 atom stereocenters. The molecule has 78 valence electrons. The molecule has 0 saturated heterocycles. The second kappa shape index (κ2) is 4.67. The molecule has 0 fully saturated rings. The predicted molar refractivity (Wildman–Crippen MR) is 60.1 cm³/mol. The largest absolute Gasteiger partial charge is 0.492 e. The van der Waals surface area contributed by atoms with Gasteiger partial charge in [-0.2, -0.15) is 0 Å². The summed E-state index contributed by atoms with van der Waals surface area (Å²) in [6.45, 7) is 6.37. The normalized spacial score (nSPS) is 12.6. The van der Waals surface area contributed by atoms with Gasteiger partial charge in [-0.15, -0.1) is 0 Å². The van der Waals surface area contributed by atoms with Gasteiger partial charge < -0.3 is 10.5 Å². The summed E-state index contributed by atoms with van der Waals surface area (Å²) >= 11 is 6.03. The van der Waals surface area contributed by atoms with E-state index in [0.29, 0.717) is 6.61 Å². The third-order valence-corrected chi connectivity index (χ3v) is 2.52. The molecule has 2 nitrogen and oxygen atoms in total. The molecule has 0 amide bonds. The minimum atomic E-state index is 0.0475. The van der Waals surface area contributed by atoms with Crippen LogP contribution in [0.3, 0.4) is 0 Å². The Morgan fingerprint density at radius 1 is 1.36 bits per heavy atom. The van der Waals surface area contributed by atoms with Gasteiger partial charge in [0.1, 0.15) is 12.4 Å². The van der Waals surface area contributed by atoms with Crippen LogP contribution in [0.4, 0.5) is 0 Å². The SMILES string of the molecule is Cc1cc(OC[C@H](C)N)cc(C)c1Cl. The van der Waals surface area contributed by atoms with E-state index in [1.807, 2.05) is 32.9 Å². The van der Waals surface area contributed by atoms with Gasteiger partial charge in [0.05, 0.1) is 0 Å². The molecule has 1 aromatic rings. The summed E-state index contributed by atoms with van der Waals surface area (Å²) < 4.78 is 5.50. The molecule has 3 heteroatoms. The molecule has 0 aliphatic carbocycles. The zero-order chi connectivity index (χ0) is 10.7. The third kappa shape index (κ3) is 2.89. The molecular weight excluding hydrogens is 198 g/mol. The van der Waals surface area contributed by atoms with Crippen LogP contribution in [0.2, 0.25) is 5.02 Å². The van der Waals surface area contributed by atoms with Crippen molar-refractivity contribution in [2.45, 2.75) is 26.8 Å². The maximum atomic E-state index is 6.03. The van der Waals surface area contributed by atoms with Crippen LogP contribution in [-0.2, 0) is 0 Å². The Hall–Kier alpha value is -0.730. The highest BCUT2D eigenvalue weighted by Crippen LogP contribution is 2.25. The fourth-order valence-corrected chi connectivity index (χ4v) is 1.33. The fourth-order valence-electron chi connectivity index (χ4n) is 1.22. The standard InChI is InChI=1S/C11H16ClNO/c1-7-4-10(14-6-9(3)13)5-8(2)11(7)12/h4-5,9H,6,13H2,1-3H3/t9-/m0/s1. The minimum absolute atomic E-state index is 0.0475. The Morgan fingerprint density at radius 2 is 1.86 bits per heavy atom. The molecule has 2 N–H and O–H groups in total. The van der Waals surface area contributed by atoms with E-state index in [2.05, 4.69) is 0 Å². The molecule has 0 aliphatic heterocycles. The average molecular weight is 214 g/mol. The Bertz CT molecular complexity index is 300. The van der Waals surface area contributed by atoms with E-state index in [4.69, 9.17) is 22.1 Å². The summed E-state index contributed by atoms with van der Waals surface area (Å²) in [5.41, 5.74) is 7.66. The number of halogens is 1. The van der Waals surface area contributed by atoms with Crippen LogP contribution in [0.25, 0.3) is 0 Å². The number of rotatable bonds is 3. The highest BCUT2D eigenvalue weighted by Gasteiger charge is 2.04. The lowest BCUT2D eigenvalue weighted by molar-refractivity contribution is 0.296. The number of aryl methyl sites for hydroxylation is 2. The van der Waals surface area contributed by atoms with Gasteiger partial charge in [0.15, 0.2) is 0 Å². The molecule has 0 bridgehead atoms. The lowest BCUT2D eigenvalue weighted by Gasteiger charge is -2.11. The molecular formula is C11H16ClNO. The summed E-state index contributed by atoms with van der Waals surface area (Å²) in [4.78, 5) is 0. The van der Waals surface area contributed by atoms with E-state index in [9.17, 15) is 0 Å². The Balaban J connectivity index is 2.79. The van der Waals surface area contributed by atoms with Crippen molar-refractivity contribution in [3.05, 3.63) is 28.3 Å². The van der Waals surface area contributed by atoms with Crippen LogP contribution in [0.5, 0.6) is 5.75 Å². The molecule has 0 saturated carbocycles. The van der Waals surface area contributed by atoms with Gasteiger partial charge in [0.2, 0.25) is 0 Å². The van der Waals surface area contributed by atoms with Crippen LogP contribution in [0.15, 0.2) is 12.1 Å². The third-order valence-electron chi connectivity index (χ3n) is 1.92. The molecule has 0 heterocycles. The van der Waals surface area contributed by atoms with E-state index < -0.39 is 0 Å². The van der Waals surface area contributed by atoms with Gasteiger partial charge in [-0.1, -0.05) is 11.6 Å². The molecule has 0 aliphatic rings. The minimum Gasteiger partial charge on any atom is -0.492 e. The highest BCUT2D eigenvalue weighted by atomic mass is 35.5. The molecule has 0 radical (unpaired) electrons. The van der Waals surface area contributed by atoms with Crippen LogP contribution in [0, 0.1) is 13.8 Å².